The Morgan fingerprint density at radius 2 is 2.21 bits per heavy atom. The highest BCUT2D eigenvalue weighted by Crippen LogP contribution is 2.29. The Labute approximate surface area is 192 Å². The zero-order valence-electron chi connectivity index (χ0n) is 18.9. The van der Waals surface area contributed by atoms with E-state index in [1.165, 1.54) is 6.20 Å². The maximum atomic E-state index is 11.5. The lowest BCUT2D eigenvalue weighted by Crippen LogP contribution is -2.29. The van der Waals surface area contributed by atoms with Gasteiger partial charge in [-0.1, -0.05) is 12.1 Å². The second kappa shape index (κ2) is 10.7. The van der Waals surface area contributed by atoms with Crippen molar-refractivity contribution in [3.63, 3.8) is 0 Å². The Morgan fingerprint density at radius 1 is 1.33 bits per heavy atom. The van der Waals surface area contributed by atoms with Crippen LogP contribution in [0.3, 0.4) is 0 Å². The number of aromatic amines is 1. The quantitative estimate of drug-likeness (QED) is 0.450. The standard InChI is InChI=1S/C24H29N5O4/c1-15-21(8-16-6-7-32-13-16)28-23(29-22(15)18-10-26-24(31)27-11-18)17-4-3-5-20(9-17)33-14-19(30)12-25-2/h3-5,9-11,16,19,25,30H,6-8,12-14H2,1-2H3,(H,26,27,31)/t16-,19?/m0/s1. The summed E-state index contributed by atoms with van der Waals surface area (Å²) in [6, 6.07) is 7.52. The number of likely N-dealkylation sites (N-methyl/N-ethyl adjacent to an activating group) is 1. The fourth-order valence-corrected chi connectivity index (χ4v) is 3.87. The number of aliphatic hydroxyl groups is 1. The third-order valence-corrected chi connectivity index (χ3v) is 5.67. The molecule has 0 spiro atoms. The maximum Gasteiger partial charge on any atom is 0.344 e. The van der Waals surface area contributed by atoms with Crippen molar-refractivity contribution in [3.05, 3.63) is 58.4 Å². The minimum Gasteiger partial charge on any atom is -0.491 e. The van der Waals surface area contributed by atoms with Crippen molar-refractivity contribution in [3.8, 4) is 28.4 Å². The average Bonchev–Trinajstić information content (AvgIpc) is 3.33. The van der Waals surface area contributed by atoms with Gasteiger partial charge in [0.25, 0.3) is 0 Å². The molecule has 4 rings (SSSR count). The van der Waals surface area contributed by atoms with Gasteiger partial charge >= 0.3 is 5.69 Å². The number of rotatable bonds is 9. The molecule has 0 bridgehead atoms. The van der Waals surface area contributed by atoms with Crippen LogP contribution in [-0.2, 0) is 11.2 Å². The van der Waals surface area contributed by atoms with E-state index in [9.17, 15) is 9.90 Å². The van der Waals surface area contributed by atoms with E-state index < -0.39 is 11.8 Å². The van der Waals surface area contributed by atoms with E-state index in [-0.39, 0.29) is 6.61 Å². The molecule has 2 atom stereocenters. The summed E-state index contributed by atoms with van der Waals surface area (Å²) in [4.78, 5) is 27.7. The highest BCUT2D eigenvalue weighted by Gasteiger charge is 2.21. The topological polar surface area (TPSA) is 122 Å². The smallest absolute Gasteiger partial charge is 0.344 e. The molecule has 1 unspecified atom stereocenters. The van der Waals surface area contributed by atoms with Crippen LogP contribution >= 0.6 is 0 Å². The largest absolute Gasteiger partial charge is 0.491 e. The van der Waals surface area contributed by atoms with Crippen molar-refractivity contribution in [1.29, 1.82) is 0 Å². The lowest BCUT2D eigenvalue weighted by molar-refractivity contribution is 0.108. The van der Waals surface area contributed by atoms with Crippen LogP contribution in [0.15, 0.2) is 41.5 Å². The summed E-state index contributed by atoms with van der Waals surface area (Å²) in [5, 5.41) is 12.8. The van der Waals surface area contributed by atoms with Crippen molar-refractivity contribution >= 4 is 0 Å². The van der Waals surface area contributed by atoms with E-state index in [2.05, 4.69) is 15.3 Å². The zero-order chi connectivity index (χ0) is 23.2. The molecule has 2 aromatic heterocycles. The first-order chi connectivity index (χ1) is 16.0. The number of nitrogens with one attached hydrogen (secondary N) is 2. The summed E-state index contributed by atoms with van der Waals surface area (Å²) in [5.74, 6) is 1.61. The number of hydrogen-bond donors (Lipinski definition) is 3. The van der Waals surface area contributed by atoms with Crippen molar-refractivity contribution in [1.82, 2.24) is 25.3 Å². The predicted octanol–water partition coefficient (Wildman–Crippen LogP) is 1.74. The number of benzene rings is 1. The van der Waals surface area contributed by atoms with Gasteiger partial charge < -0.3 is 24.9 Å². The molecule has 3 aromatic rings. The lowest BCUT2D eigenvalue weighted by Gasteiger charge is -2.16. The van der Waals surface area contributed by atoms with Crippen LogP contribution in [0.4, 0.5) is 0 Å². The van der Waals surface area contributed by atoms with Gasteiger partial charge in [-0.3, -0.25) is 0 Å². The van der Waals surface area contributed by atoms with Crippen LogP contribution in [-0.4, -0.2) is 64.6 Å². The summed E-state index contributed by atoms with van der Waals surface area (Å²) in [6.45, 7) is 4.13. The summed E-state index contributed by atoms with van der Waals surface area (Å²) >= 11 is 0. The van der Waals surface area contributed by atoms with E-state index in [1.807, 2.05) is 31.2 Å². The van der Waals surface area contributed by atoms with Gasteiger partial charge in [0.05, 0.1) is 5.69 Å². The first-order valence-corrected chi connectivity index (χ1v) is 11.1. The van der Waals surface area contributed by atoms with Crippen molar-refractivity contribution < 1.29 is 14.6 Å². The van der Waals surface area contributed by atoms with Crippen LogP contribution in [0.2, 0.25) is 0 Å². The molecule has 174 valence electrons. The number of aliphatic hydroxyl groups excluding tert-OH is 1. The van der Waals surface area contributed by atoms with E-state index >= 15 is 0 Å². The maximum absolute atomic E-state index is 11.5. The molecular weight excluding hydrogens is 422 g/mol. The average molecular weight is 452 g/mol. The fraction of sp³-hybridized carbons (Fsp3) is 0.417. The number of hydrogen-bond acceptors (Lipinski definition) is 8. The van der Waals surface area contributed by atoms with Crippen molar-refractivity contribution in [2.45, 2.75) is 25.9 Å². The fourth-order valence-electron chi connectivity index (χ4n) is 3.87. The molecule has 1 fully saturated rings. The summed E-state index contributed by atoms with van der Waals surface area (Å²) < 4.78 is 11.3. The zero-order valence-corrected chi connectivity index (χ0v) is 18.9. The lowest BCUT2D eigenvalue weighted by atomic mass is 9.97. The molecule has 33 heavy (non-hydrogen) atoms. The third kappa shape index (κ3) is 5.81. The summed E-state index contributed by atoms with van der Waals surface area (Å²) in [7, 11) is 1.78. The van der Waals surface area contributed by atoms with Crippen LogP contribution in [0.1, 0.15) is 17.7 Å². The van der Waals surface area contributed by atoms with E-state index in [0.717, 1.165) is 54.1 Å². The van der Waals surface area contributed by atoms with Gasteiger partial charge in [0.2, 0.25) is 0 Å². The molecular formula is C24H29N5O4. The number of ether oxygens (including phenoxy) is 2. The summed E-state index contributed by atoms with van der Waals surface area (Å²) in [5.41, 5.74) is 3.77. The first kappa shape index (κ1) is 23.0. The van der Waals surface area contributed by atoms with Gasteiger partial charge in [0.15, 0.2) is 5.82 Å². The second-order valence-electron chi connectivity index (χ2n) is 8.26. The van der Waals surface area contributed by atoms with Gasteiger partial charge in [0, 0.05) is 49.0 Å². The molecule has 9 nitrogen and oxygen atoms in total. The SMILES string of the molecule is CNCC(O)COc1cccc(-c2nc(C[C@@H]3CCOC3)c(C)c(-c3cnc(=O)[nH]c3)n2)c1. The Kier molecular flexibility index (Phi) is 7.43. The molecule has 0 saturated carbocycles. The number of H-pyrrole nitrogens is 1. The number of aromatic nitrogens is 4. The van der Waals surface area contributed by atoms with E-state index in [4.69, 9.17) is 19.4 Å². The van der Waals surface area contributed by atoms with Crippen LogP contribution in [0.25, 0.3) is 22.6 Å². The second-order valence-corrected chi connectivity index (χ2v) is 8.26. The normalized spacial score (nSPS) is 16.6. The number of nitrogens with zero attached hydrogens (tertiary/aromatic N) is 3. The summed E-state index contributed by atoms with van der Waals surface area (Å²) in [6.07, 6.45) is 4.35. The highest BCUT2D eigenvalue weighted by atomic mass is 16.5. The van der Waals surface area contributed by atoms with Crippen LogP contribution in [0, 0.1) is 12.8 Å². The molecule has 1 saturated heterocycles. The van der Waals surface area contributed by atoms with Gasteiger partial charge in [-0.2, -0.15) is 0 Å². The van der Waals surface area contributed by atoms with Gasteiger partial charge in [-0.25, -0.2) is 19.7 Å². The molecule has 0 radical (unpaired) electrons. The van der Waals surface area contributed by atoms with Gasteiger partial charge in [-0.15, -0.1) is 0 Å². The van der Waals surface area contributed by atoms with Crippen molar-refractivity contribution in [2.75, 3.05) is 33.4 Å². The Bertz CT molecular complexity index is 1120. The monoisotopic (exact) mass is 451 g/mol. The molecule has 1 aliphatic rings. The molecule has 1 aliphatic heterocycles. The Morgan fingerprint density at radius 3 is 2.94 bits per heavy atom. The van der Waals surface area contributed by atoms with E-state index in [1.54, 1.807) is 13.2 Å². The molecule has 3 heterocycles. The van der Waals surface area contributed by atoms with Gasteiger partial charge in [-0.05, 0) is 50.4 Å². The molecule has 3 N–H and O–H groups in total. The Balaban J connectivity index is 1.69. The molecule has 1 aromatic carbocycles. The predicted molar refractivity (Wildman–Crippen MR) is 124 cm³/mol. The van der Waals surface area contributed by atoms with Gasteiger partial charge in [0.1, 0.15) is 18.5 Å². The highest BCUT2D eigenvalue weighted by molar-refractivity contribution is 5.67. The molecule has 0 amide bonds. The molecule has 0 aliphatic carbocycles. The van der Waals surface area contributed by atoms with Crippen LogP contribution in [0.5, 0.6) is 5.75 Å². The van der Waals surface area contributed by atoms with Crippen molar-refractivity contribution in [2.24, 2.45) is 5.92 Å². The van der Waals surface area contributed by atoms with Crippen LogP contribution < -0.4 is 15.7 Å². The van der Waals surface area contributed by atoms with E-state index in [0.29, 0.717) is 24.0 Å². The molecule has 9 heteroatoms. The first-order valence-electron chi connectivity index (χ1n) is 11.1. The Hall–Kier alpha value is -3.14. The minimum atomic E-state index is -0.603. The minimum absolute atomic E-state index is 0.181. The third-order valence-electron chi connectivity index (χ3n) is 5.67.